The summed E-state index contributed by atoms with van der Waals surface area (Å²) in [6.45, 7) is 4.08. The van der Waals surface area contributed by atoms with E-state index in [0.29, 0.717) is 18.9 Å². The van der Waals surface area contributed by atoms with Gasteiger partial charge in [-0.05, 0) is 46.0 Å². The minimum Gasteiger partial charge on any atom is -0.481 e. The third-order valence-corrected chi connectivity index (χ3v) is 3.88. The molecular weight excluding hydrogens is 218 g/mol. The fourth-order valence-corrected chi connectivity index (χ4v) is 2.85. The Hall–Kier alpha value is -1.06. The van der Waals surface area contributed by atoms with Crippen molar-refractivity contribution < 1.29 is 14.7 Å². The number of carboxylic acid groups (broad SMARTS) is 1. The maximum absolute atomic E-state index is 12.4. The Bertz CT molecular complexity index is 321. The molecule has 0 unspecified atom stereocenters. The molecule has 0 heterocycles. The Kier molecular flexibility index (Phi) is 3.40. The summed E-state index contributed by atoms with van der Waals surface area (Å²) in [5.74, 6) is -0.926. The Morgan fingerprint density at radius 3 is 2.12 bits per heavy atom. The third-order valence-electron chi connectivity index (χ3n) is 3.88. The van der Waals surface area contributed by atoms with Gasteiger partial charge in [0.25, 0.3) is 0 Å². The Morgan fingerprint density at radius 1 is 1.12 bits per heavy atom. The van der Waals surface area contributed by atoms with Crippen molar-refractivity contribution >= 4 is 11.9 Å². The van der Waals surface area contributed by atoms with Gasteiger partial charge in [-0.3, -0.25) is 9.59 Å². The topological polar surface area (TPSA) is 57.6 Å². The van der Waals surface area contributed by atoms with E-state index >= 15 is 0 Å². The summed E-state index contributed by atoms with van der Waals surface area (Å²) in [5.41, 5.74) is 0. The van der Waals surface area contributed by atoms with Crippen LogP contribution in [0, 0.1) is 11.8 Å². The highest BCUT2D eigenvalue weighted by Gasteiger charge is 2.41. The molecule has 17 heavy (non-hydrogen) atoms. The van der Waals surface area contributed by atoms with Crippen LogP contribution in [0.4, 0.5) is 0 Å². The van der Waals surface area contributed by atoms with E-state index in [1.165, 1.54) is 0 Å². The quantitative estimate of drug-likeness (QED) is 0.815. The first-order chi connectivity index (χ1) is 8.00. The Balaban J connectivity index is 1.97. The van der Waals surface area contributed by atoms with Gasteiger partial charge in [0.1, 0.15) is 0 Å². The number of rotatable bonds is 4. The summed E-state index contributed by atoms with van der Waals surface area (Å²) in [5, 5.41) is 8.96. The molecule has 0 aromatic rings. The molecule has 2 aliphatic rings. The van der Waals surface area contributed by atoms with E-state index in [1.807, 2.05) is 18.7 Å². The molecule has 0 aromatic carbocycles. The average Bonchev–Trinajstić information content (AvgIpc) is 2.94. The van der Waals surface area contributed by atoms with E-state index in [9.17, 15) is 9.59 Å². The van der Waals surface area contributed by atoms with Crippen LogP contribution in [0.25, 0.3) is 0 Å². The smallest absolute Gasteiger partial charge is 0.306 e. The fourth-order valence-electron chi connectivity index (χ4n) is 2.85. The van der Waals surface area contributed by atoms with Crippen molar-refractivity contribution in [3.63, 3.8) is 0 Å². The highest BCUT2D eigenvalue weighted by molar-refractivity contribution is 5.81. The highest BCUT2D eigenvalue weighted by atomic mass is 16.4. The van der Waals surface area contributed by atoms with E-state index in [0.717, 1.165) is 19.3 Å². The molecule has 1 amide bonds. The summed E-state index contributed by atoms with van der Waals surface area (Å²) in [4.78, 5) is 25.2. The van der Waals surface area contributed by atoms with Gasteiger partial charge < -0.3 is 10.0 Å². The summed E-state index contributed by atoms with van der Waals surface area (Å²) in [6.07, 6.45) is 4.15. The van der Waals surface area contributed by atoms with Crippen molar-refractivity contribution in [3.8, 4) is 0 Å². The van der Waals surface area contributed by atoms with Crippen LogP contribution in [0.1, 0.15) is 46.0 Å². The molecular formula is C13H21NO3. The van der Waals surface area contributed by atoms with Gasteiger partial charge in [-0.25, -0.2) is 0 Å². The molecule has 0 radical (unpaired) electrons. The van der Waals surface area contributed by atoms with Crippen LogP contribution >= 0.6 is 0 Å². The molecule has 2 rings (SSSR count). The standard InChI is InChI=1S/C13H21NO3/c1-8(2)14(11-5-6-11)12(15)9-3-4-10(7-9)13(16)17/h8-11H,3-7H2,1-2H3,(H,16,17)/t9-,10+/m1/s1. The number of amides is 1. The van der Waals surface area contributed by atoms with Crippen LogP contribution in [0.15, 0.2) is 0 Å². The zero-order chi connectivity index (χ0) is 12.6. The number of carbonyl (C=O) groups excluding carboxylic acids is 1. The minimum absolute atomic E-state index is 0.0564. The SMILES string of the molecule is CC(C)N(C(=O)[C@@H]1CC[C@H](C(=O)O)C1)C1CC1. The zero-order valence-electron chi connectivity index (χ0n) is 10.6. The van der Waals surface area contributed by atoms with Gasteiger partial charge in [-0.2, -0.15) is 0 Å². The summed E-state index contributed by atoms with van der Waals surface area (Å²) >= 11 is 0. The van der Waals surface area contributed by atoms with E-state index in [2.05, 4.69) is 0 Å². The number of carbonyl (C=O) groups is 2. The molecule has 4 heteroatoms. The number of aliphatic carboxylic acids is 1. The van der Waals surface area contributed by atoms with Gasteiger partial charge in [0, 0.05) is 18.0 Å². The van der Waals surface area contributed by atoms with E-state index in [-0.39, 0.29) is 23.8 Å². The van der Waals surface area contributed by atoms with Crippen molar-refractivity contribution in [1.82, 2.24) is 4.90 Å². The van der Waals surface area contributed by atoms with Gasteiger partial charge >= 0.3 is 5.97 Å². The molecule has 2 fully saturated rings. The molecule has 0 aliphatic heterocycles. The molecule has 2 saturated carbocycles. The molecule has 1 N–H and O–H groups in total. The van der Waals surface area contributed by atoms with Crippen LogP contribution in [-0.4, -0.2) is 34.0 Å². The maximum Gasteiger partial charge on any atom is 0.306 e. The number of carboxylic acids is 1. The fraction of sp³-hybridized carbons (Fsp3) is 0.846. The second-order valence-electron chi connectivity index (χ2n) is 5.62. The Morgan fingerprint density at radius 2 is 1.71 bits per heavy atom. The van der Waals surface area contributed by atoms with Crippen LogP contribution < -0.4 is 0 Å². The molecule has 96 valence electrons. The first-order valence-electron chi connectivity index (χ1n) is 6.55. The highest BCUT2D eigenvalue weighted by Crippen LogP contribution is 2.36. The van der Waals surface area contributed by atoms with E-state index < -0.39 is 5.97 Å². The van der Waals surface area contributed by atoms with Crippen molar-refractivity contribution in [2.75, 3.05) is 0 Å². The lowest BCUT2D eigenvalue weighted by Gasteiger charge is -2.29. The molecule has 0 saturated heterocycles. The van der Waals surface area contributed by atoms with E-state index in [1.54, 1.807) is 0 Å². The number of nitrogens with zero attached hydrogens (tertiary/aromatic N) is 1. The minimum atomic E-state index is -0.747. The molecule has 0 spiro atoms. The van der Waals surface area contributed by atoms with Crippen LogP contribution in [0.2, 0.25) is 0 Å². The predicted molar refractivity (Wildman–Crippen MR) is 63.5 cm³/mol. The molecule has 0 bridgehead atoms. The average molecular weight is 239 g/mol. The zero-order valence-corrected chi connectivity index (χ0v) is 10.6. The van der Waals surface area contributed by atoms with Gasteiger partial charge in [0.05, 0.1) is 5.92 Å². The number of hydrogen-bond donors (Lipinski definition) is 1. The molecule has 0 aromatic heterocycles. The Labute approximate surface area is 102 Å². The first kappa shape index (κ1) is 12.4. The second kappa shape index (κ2) is 4.67. The van der Waals surface area contributed by atoms with Crippen molar-refractivity contribution in [2.45, 2.75) is 58.0 Å². The first-order valence-corrected chi connectivity index (χ1v) is 6.55. The third kappa shape index (κ3) is 2.61. The lowest BCUT2D eigenvalue weighted by atomic mass is 10.0. The van der Waals surface area contributed by atoms with E-state index in [4.69, 9.17) is 5.11 Å². The molecule has 4 nitrogen and oxygen atoms in total. The molecule has 2 atom stereocenters. The van der Waals surface area contributed by atoms with Gasteiger partial charge in [0.2, 0.25) is 5.91 Å². The van der Waals surface area contributed by atoms with Crippen molar-refractivity contribution in [1.29, 1.82) is 0 Å². The molecule has 2 aliphatic carbocycles. The predicted octanol–water partition coefficient (Wildman–Crippen LogP) is 1.89. The van der Waals surface area contributed by atoms with Crippen molar-refractivity contribution in [3.05, 3.63) is 0 Å². The normalized spacial score (nSPS) is 28.4. The van der Waals surface area contributed by atoms with Crippen molar-refractivity contribution in [2.24, 2.45) is 11.8 Å². The summed E-state index contributed by atoms with van der Waals surface area (Å²) in [7, 11) is 0. The largest absolute Gasteiger partial charge is 0.481 e. The second-order valence-corrected chi connectivity index (χ2v) is 5.62. The van der Waals surface area contributed by atoms with Crippen LogP contribution in [0.5, 0.6) is 0 Å². The van der Waals surface area contributed by atoms with Crippen LogP contribution in [-0.2, 0) is 9.59 Å². The number of hydrogen-bond acceptors (Lipinski definition) is 2. The lowest BCUT2D eigenvalue weighted by Crippen LogP contribution is -2.42. The van der Waals surface area contributed by atoms with Gasteiger partial charge in [-0.1, -0.05) is 0 Å². The van der Waals surface area contributed by atoms with Gasteiger partial charge in [0.15, 0.2) is 0 Å². The maximum atomic E-state index is 12.4. The lowest BCUT2D eigenvalue weighted by molar-refractivity contribution is -0.142. The van der Waals surface area contributed by atoms with Gasteiger partial charge in [-0.15, -0.1) is 0 Å². The monoisotopic (exact) mass is 239 g/mol. The summed E-state index contributed by atoms with van der Waals surface area (Å²) < 4.78 is 0. The van der Waals surface area contributed by atoms with Crippen LogP contribution in [0.3, 0.4) is 0 Å². The summed E-state index contributed by atoms with van der Waals surface area (Å²) in [6, 6.07) is 0.658.